The van der Waals surface area contributed by atoms with Crippen LogP contribution in [0.3, 0.4) is 0 Å². The molecule has 0 unspecified atom stereocenters. The minimum atomic E-state index is -0.555. The van der Waals surface area contributed by atoms with E-state index in [-0.39, 0.29) is 16.6 Å². The molecule has 0 saturated heterocycles. The van der Waals surface area contributed by atoms with Gasteiger partial charge in [-0.1, -0.05) is 0 Å². The molecule has 9 nitrogen and oxygen atoms in total. The van der Waals surface area contributed by atoms with E-state index in [0.717, 1.165) is 11.3 Å². The van der Waals surface area contributed by atoms with Crippen LogP contribution in [0.5, 0.6) is 17.2 Å². The average Bonchev–Trinajstić information content (AvgIpc) is 3.13. The zero-order valence-electron chi connectivity index (χ0n) is 19.8. The minimum Gasteiger partial charge on any atom is -0.493 e. The van der Waals surface area contributed by atoms with Gasteiger partial charge in [-0.25, -0.2) is 4.79 Å². The molecule has 1 aromatic heterocycles. The maximum absolute atomic E-state index is 13.0. The van der Waals surface area contributed by atoms with Crippen LogP contribution in [0.2, 0.25) is 0 Å². The third-order valence-electron chi connectivity index (χ3n) is 4.93. The van der Waals surface area contributed by atoms with Gasteiger partial charge < -0.3 is 34.5 Å². The zero-order chi connectivity index (χ0) is 24.7. The monoisotopic (exact) mass is 495 g/mol. The van der Waals surface area contributed by atoms with E-state index < -0.39 is 5.97 Å². The molecule has 1 heterocycles. The number of nitrogens with one attached hydrogen (secondary N) is 2. The first-order valence-electron chi connectivity index (χ1n) is 10.1. The van der Waals surface area contributed by atoms with Gasteiger partial charge in [0.25, 0.3) is 5.91 Å². The zero-order valence-corrected chi connectivity index (χ0v) is 21.4. The van der Waals surface area contributed by atoms with Crippen molar-refractivity contribution in [3.05, 3.63) is 28.1 Å². The summed E-state index contributed by atoms with van der Waals surface area (Å²) in [6.45, 7) is 6.65. The van der Waals surface area contributed by atoms with Crippen molar-refractivity contribution in [3.8, 4) is 17.2 Å². The van der Waals surface area contributed by atoms with Crippen molar-refractivity contribution >= 4 is 51.2 Å². The van der Waals surface area contributed by atoms with Crippen LogP contribution < -0.4 is 24.8 Å². The summed E-state index contributed by atoms with van der Waals surface area (Å²) >= 11 is 6.62. The number of methoxy groups -OCH3 is 4. The summed E-state index contributed by atoms with van der Waals surface area (Å²) in [4.78, 5) is 27.6. The molecule has 0 radical (unpaired) electrons. The van der Waals surface area contributed by atoms with Gasteiger partial charge in [-0.3, -0.25) is 4.79 Å². The van der Waals surface area contributed by atoms with Gasteiger partial charge in [0.15, 0.2) is 16.6 Å². The van der Waals surface area contributed by atoms with Crippen LogP contribution in [0.4, 0.5) is 10.7 Å². The summed E-state index contributed by atoms with van der Waals surface area (Å²) in [5, 5.41) is 6.69. The second-order valence-corrected chi connectivity index (χ2v) is 8.15. The summed E-state index contributed by atoms with van der Waals surface area (Å²) in [6.07, 6.45) is 0. The van der Waals surface area contributed by atoms with Gasteiger partial charge in [0.1, 0.15) is 5.00 Å². The molecule has 2 rings (SSSR count). The molecule has 0 bridgehead atoms. The van der Waals surface area contributed by atoms with E-state index >= 15 is 0 Å². The Bertz CT molecular complexity index is 1010. The summed E-state index contributed by atoms with van der Waals surface area (Å²) < 4.78 is 21.0. The van der Waals surface area contributed by atoms with Gasteiger partial charge in [-0.15, -0.1) is 11.3 Å². The Morgan fingerprint density at radius 3 is 2.03 bits per heavy atom. The van der Waals surface area contributed by atoms with E-state index in [1.807, 2.05) is 13.8 Å². The van der Waals surface area contributed by atoms with Crippen LogP contribution in [0.15, 0.2) is 12.1 Å². The second-order valence-electron chi connectivity index (χ2n) is 6.72. The number of hydrogen-bond acceptors (Lipinski definition) is 8. The molecule has 33 heavy (non-hydrogen) atoms. The predicted molar refractivity (Wildman–Crippen MR) is 134 cm³/mol. The lowest BCUT2D eigenvalue weighted by Gasteiger charge is -2.18. The number of rotatable bonds is 9. The molecule has 2 aromatic rings. The van der Waals surface area contributed by atoms with Crippen molar-refractivity contribution in [1.82, 2.24) is 4.90 Å². The van der Waals surface area contributed by atoms with Gasteiger partial charge in [-0.2, -0.15) is 0 Å². The molecule has 0 aliphatic carbocycles. The number of benzene rings is 1. The largest absolute Gasteiger partial charge is 0.493 e. The third-order valence-corrected chi connectivity index (χ3v) is 6.33. The van der Waals surface area contributed by atoms with E-state index in [0.29, 0.717) is 51.5 Å². The normalized spacial score (nSPS) is 10.3. The van der Waals surface area contributed by atoms with Crippen LogP contribution in [-0.2, 0) is 4.74 Å². The number of thiocarbonyl (C=S) groups is 1. The quantitative estimate of drug-likeness (QED) is 0.392. The number of hydrogen-bond donors (Lipinski definition) is 2. The SMILES string of the molecule is CCN(CC)C(=O)c1sc(NC(=S)Nc2cc(OC)c(OC)c(OC)c2)c(C(=O)OC)c1C. The highest BCUT2D eigenvalue weighted by Crippen LogP contribution is 2.40. The molecular formula is C22H29N3O6S2. The van der Waals surface area contributed by atoms with Gasteiger partial charge in [0.05, 0.1) is 38.9 Å². The summed E-state index contributed by atoms with van der Waals surface area (Å²) in [7, 11) is 5.85. The van der Waals surface area contributed by atoms with E-state index in [2.05, 4.69) is 10.6 Å². The lowest BCUT2D eigenvalue weighted by atomic mass is 10.1. The van der Waals surface area contributed by atoms with Crippen LogP contribution in [0.25, 0.3) is 0 Å². The molecule has 0 fully saturated rings. The highest BCUT2D eigenvalue weighted by Gasteiger charge is 2.27. The Balaban J connectivity index is 2.38. The number of anilines is 2. The minimum absolute atomic E-state index is 0.149. The molecule has 1 amide bonds. The molecule has 1 aromatic carbocycles. The molecule has 2 N–H and O–H groups in total. The number of carbonyl (C=O) groups excluding carboxylic acids is 2. The molecule has 11 heteroatoms. The number of amides is 1. The first-order chi connectivity index (χ1) is 15.8. The van der Waals surface area contributed by atoms with Crippen molar-refractivity contribution < 1.29 is 28.5 Å². The Hall–Kier alpha value is -3.05. The predicted octanol–water partition coefficient (Wildman–Crippen LogP) is 4.16. The van der Waals surface area contributed by atoms with Crippen molar-refractivity contribution in [2.75, 3.05) is 52.2 Å². The topological polar surface area (TPSA) is 98.4 Å². The fourth-order valence-corrected chi connectivity index (χ4v) is 4.68. The molecule has 0 spiro atoms. The number of thiophene rings is 1. The number of esters is 1. The van der Waals surface area contributed by atoms with Crippen molar-refractivity contribution in [3.63, 3.8) is 0 Å². The maximum Gasteiger partial charge on any atom is 0.341 e. The van der Waals surface area contributed by atoms with Crippen LogP contribution in [0, 0.1) is 6.92 Å². The molecule has 0 aliphatic rings. The lowest BCUT2D eigenvalue weighted by Crippen LogP contribution is -2.30. The van der Waals surface area contributed by atoms with Gasteiger partial charge in [0.2, 0.25) is 5.75 Å². The first-order valence-corrected chi connectivity index (χ1v) is 11.4. The number of carbonyl (C=O) groups is 2. The van der Waals surface area contributed by atoms with E-state index in [1.165, 1.54) is 28.4 Å². The highest BCUT2D eigenvalue weighted by molar-refractivity contribution is 7.80. The van der Waals surface area contributed by atoms with E-state index in [1.54, 1.807) is 24.0 Å². The molecular weight excluding hydrogens is 466 g/mol. The summed E-state index contributed by atoms with van der Waals surface area (Å²) in [5.41, 5.74) is 1.39. The lowest BCUT2D eigenvalue weighted by molar-refractivity contribution is 0.0601. The van der Waals surface area contributed by atoms with Crippen LogP contribution in [-0.4, -0.2) is 63.4 Å². The Kier molecular flexibility index (Phi) is 9.30. The van der Waals surface area contributed by atoms with Crippen LogP contribution in [0.1, 0.15) is 39.4 Å². The Morgan fingerprint density at radius 1 is 1.00 bits per heavy atom. The second kappa shape index (κ2) is 11.7. The standard InChI is InChI=1S/C22H29N3O6S2/c1-8-25(9-2)20(26)18-12(3)16(21(27)31-7)19(33-18)24-22(32)23-13-10-14(28-4)17(30-6)15(11-13)29-5/h10-11H,8-9H2,1-7H3,(H2,23,24,32). The maximum atomic E-state index is 13.0. The fourth-order valence-electron chi connectivity index (χ4n) is 3.23. The fraction of sp³-hybridized carbons (Fsp3) is 0.409. The Labute approximate surface area is 203 Å². The number of nitrogens with zero attached hydrogens (tertiary/aromatic N) is 1. The van der Waals surface area contributed by atoms with Crippen molar-refractivity contribution in [2.24, 2.45) is 0 Å². The van der Waals surface area contributed by atoms with Gasteiger partial charge in [0, 0.05) is 30.9 Å². The molecule has 180 valence electrons. The van der Waals surface area contributed by atoms with E-state index in [4.69, 9.17) is 31.2 Å². The van der Waals surface area contributed by atoms with Crippen molar-refractivity contribution in [1.29, 1.82) is 0 Å². The summed E-state index contributed by atoms with van der Waals surface area (Å²) in [6, 6.07) is 3.40. The molecule has 0 aliphatic heterocycles. The molecule has 0 saturated carbocycles. The van der Waals surface area contributed by atoms with E-state index in [9.17, 15) is 9.59 Å². The number of ether oxygens (including phenoxy) is 4. The smallest absolute Gasteiger partial charge is 0.341 e. The highest BCUT2D eigenvalue weighted by atomic mass is 32.1. The van der Waals surface area contributed by atoms with Gasteiger partial charge in [-0.05, 0) is 38.6 Å². The third kappa shape index (κ3) is 5.66. The van der Waals surface area contributed by atoms with Crippen LogP contribution >= 0.6 is 23.6 Å². The molecule has 0 atom stereocenters. The van der Waals surface area contributed by atoms with Crippen molar-refractivity contribution in [2.45, 2.75) is 20.8 Å². The average molecular weight is 496 g/mol. The first kappa shape index (κ1) is 26.2. The Morgan fingerprint density at radius 2 is 1.58 bits per heavy atom. The summed E-state index contributed by atoms with van der Waals surface area (Å²) in [5.74, 6) is 0.656. The van der Waals surface area contributed by atoms with Gasteiger partial charge >= 0.3 is 5.97 Å².